The molecule has 0 heterocycles. The maximum absolute atomic E-state index is 12.7. The van der Waals surface area contributed by atoms with Crippen molar-refractivity contribution in [1.82, 2.24) is 10.6 Å². The number of nitrogens with one attached hydrogen (secondary N) is 2. The van der Waals surface area contributed by atoms with Crippen molar-refractivity contribution < 1.29 is 24.2 Å². The zero-order chi connectivity index (χ0) is 24.4. The number of fused-ring (bicyclic) bond motifs is 3. The van der Waals surface area contributed by atoms with Crippen molar-refractivity contribution in [2.45, 2.75) is 50.5 Å². The number of hydrogen-bond acceptors (Lipinski definition) is 4. The Balaban J connectivity index is 1.08. The summed E-state index contributed by atoms with van der Waals surface area (Å²) in [6.07, 6.45) is 4.06. The minimum absolute atomic E-state index is 0.00125. The second-order valence-electron chi connectivity index (χ2n) is 10.1. The second-order valence-corrected chi connectivity index (χ2v) is 10.1. The molecule has 0 bridgehead atoms. The topological polar surface area (TPSA) is 105 Å². The monoisotopic (exact) mass is 476 g/mol. The quantitative estimate of drug-likeness (QED) is 0.527. The first-order valence-corrected chi connectivity index (χ1v) is 12.6. The van der Waals surface area contributed by atoms with Gasteiger partial charge >= 0.3 is 12.1 Å². The van der Waals surface area contributed by atoms with Gasteiger partial charge in [0, 0.05) is 24.4 Å². The lowest BCUT2D eigenvalue weighted by Gasteiger charge is -2.31. The van der Waals surface area contributed by atoms with Gasteiger partial charge in [-0.15, -0.1) is 0 Å². The van der Waals surface area contributed by atoms with E-state index in [1.807, 2.05) is 24.3 Å². The number of carbonyl (C=O) groups is 3. The van der Waals surface area contributed by atoms with E-state index >= 15 is 0 Å². The zero-order valence-corrected chi connectivity index (χ0v) is 19.7. The standard InChI is InChI=1S/C28H32N2O5/c31-26(32)14-17-7-1-6-12-25(17)30-27(33)23-13-18(23)15-29-28(34)35-16-24-21-10-4-2-8-19(21)20-9-3-5-11-22(20)24/h2-5,8-11,17-18,23-25H,1,6-7,12-16H2,(H,29,34)(H,30,33)(H,31,32)/t17-,18+,23+,25-/m0/s1. The fourth-order valence-electron chi connectivity index (χ4n) is 5.81. The molecule has 2 aromatic rings. The Bertz CT molecular complexity index is 1070. The molecule has 0 aliphatic heterocycles. The van der Waals surface area contributed by atoms with Crippen LogP contribution >= 0.6 is 0 Å². The van der Waals surface area contributed by atoms with Crippen molar-refractivity contribution in [3.63, 3.8) is 0 Å². The average Bonchev–Trinajstić information content (AvgIpc) is 3.57. The van der Waals surface area contributed by atoms with Crippen molar-refractivity contribution >= 4 is 18.0 Å². The fourth-order valence-corrected chi connectivity index (χ4v) is 5.81. The van der Waals surface area contributed by atoms with E-state index in [9.17, 15) is 14.4 Å². The number of carboxylic acids is 1. The van der Waals surface area contributed by atoms with Crippen LogP contribution in [0.3, 0.4) is 0 Å². The number of carboxylic acid groups (broad SMARTS) is 1. The molecule has 35 heavy (non-hydrogen) atoms. The molecule has 0 spiro atoms. The van der Waals surface area contributed by atoms with Gasteiger partial charge in [-0.1, -0.05) is 61.4 Å². The number of ether oxygens (including phenoxy) is 1. The number of carbonyl (C=O) groups excluding carboxylic acids is 2. The average molecular weight is 477 g/mol. The van der Waals surface area contributed by atoms with Gasteiger partial charge in [0.25, 0.3) is 0 Å². The van der Waals surface area contributed by atoms with E-state index in [4.69, 9.17) is 9.84 Å². The first-order chi connectivity index (χ1) is 17.0. The predicted molar refractivity (Wildman–Crippen MR) is 131 cm³/mol. The van der Waals surface area contributed by atoms with Crippen LogP contribution in [0.15, 0.2) is 48.5 Å². The number of amides is 2. The highest BCUT2D eigenvalue weighted by Crippen LogP contribution is 2.44. The van der Waals surface area contributed by atoms with E-state index in [1.54, 1.807) is 0 Å². The number of aliphatic carboxylic acids is 1. The minimum Gasteiger partial charge on any atom is -0.481 e. The first kappa shape index (κ1) is 23.4. The predicted octanol–water partition coefficient (Wildman–Crippen LogP) is 4.31. The van der Waals surface area contributed by atoms with E-state index in [2.05, 4.69) is 34.9 Å². The minimum atomic E-state index is -0.812. The summed E-state index contributed by atoms with van der Waals surface area (Å²) in [7, 11) is 0. The molecule has 0 aromatic heterocycles. The van der Waals surface area contributed by atoms with Crippen molar-refractivity contribution in [2.75, 3.05) is 13.2 Å². The van der Waals surface area contributed by atoms with E-state index < -0.39 is 12.1 Å². The van der Waals surface area contributed by atoms with Crippen molar-refractivity contribution in [3.05, 3.63) is 59.7 Å². The van der Waals surface area contributed by atoms with Crippen molar-refractivity contribution in [2.24, 2.45) is 17.8 Å². The maximum Gasteiger partial charge on any atom is 0.407 e. The van der Waals surface area contributed by atoms with Gasteiger partial charge in [0.05, 0.1) is 6.42 Å². The highest BCUT2D eigenvalue weighted by Gasteiger charge is 2.44. The Hall–Kier alpha value is -3.35. The molecule has 2 fully saturated rings. The zero-order valence-electron chi connectivity index (χ0n) is 19.7. The van der Waals surface area contributed by atoms with Gasteiger partial charge in [0.2, 0.25) is 5.91 Å². The van der Waals surface area contributed by atoms with Crippen molar-refractivity contribution in [3.8, 4) is 11.1 Å². The largest absolute Gasteiger partial charge is 0.481 e. The molecule has 2 saturated carbocycles. The SMILES string of the molecule is O=C(O)C[C@@H]1CCCC[C@@H]1NC(=O)[C@@H]1C[C@@H]1CNC(=O)OCC1c2ccccc2-c2ccccc21. The number of benzene rings is 2. The number of hydrogen-bond donors (Lipinski definition) is 3. The molecule has 3 N–H and O–H groups in total. The van der Waals surface area contributed by atoms with Gasteiger partial charge in [0.15, 0.2) is 0 Å². The van der Waals surface area contributed by atoms with E-state index in [1.165, 1.54) is 22.3 Å². The van der Waals surface area contributed by atoms with Crippen LogP contribution in [0, 0.1) is 17.8 Å². The summed E-state index contributed by atoms with van der Waals surface area (Å²) in [5, 5.41) is 15.1. The van der Waals surface area contributed by atoms with Crippen molar-refractivity contribution in [1.29, 1.82) is 0 Å². The van der Waals surface area contributed by atoms with Gasteiger partial charge < -0.3 is 20.5 Å². The molecule has 0 saturated heterocycles. The Morgan fingerprint density at radius 3 is 2.26 bits per heavy atom. The van der Waals surface area contributed by atoms with Crippen LogP contribution in [-0.4, -0.2) is 42.3 Å². The van der Waals surface area contributed by atoms with Gasteiger partial charge in [-0.25, -0.2) is 4.79 Å². The first-order valence-electron chi connectivity index (χ1n) is 12.6. The van der Waals surface area contributed by atoms with Crippen LogP contribution in [0.5, 0.6) is 0 Å². The fraction of sp³-hybridized carbons (Fsp3) is 0.464. The molecule has 0 radical (unpaired) electrons. The molecule has 2 aromatic carbocycles. The van der Waals surface area contributed by atoms with Crippen LogP contribution in [0.2, 0.25) is 0 Å². The Morgan fingerprint density at radius 2 is 1.57 bits per heavy atom. The van der Waals surface area contributed by atoms with E-state index in [0.29, 0.717) is 6.54 Å². The molecule has 184 valence electrons. The van der Waals surface area contributed by atoms with E-state index in [-0.39, 0.29) is 48.6 Å². The molecule has 4 atom stereocenters. The maximum atomic E-state index is 12.7. The van der Waals surface area contributed by atoms with Crippen LogP contribution < -0.4 is 10.6 Å². The van der Waals surface area contributed by atoms with Gasteiger partial charge in [0.1, 0.15) is 6.61 Å². The Labute approximate surface area is 205 Å². The van der Waals surface area contributed by atoms with Gasteiger partial charge in [-0.05, 0) is 53.4 Å². The second kappa shape index (κ2) is 10.1. The molecule has 7 heteroatoms. The summed E-state index contributed by atoms with van der Waals surface area (Å²) < 4.78 is 5.58. The molecule has 7 nitrogen and oxygen atoms in total. The van der Waals surface area contributed by atoms with Gasteiger partial charge in [-0.2, -0.15) is 0 Å². The summed E-state index contributed by atoms with van der Waals surface area (Å²) in [4.78, 5) is 36.2. The normalized spacial score (nSPS) is 24.7. The summed E-state index contributed by atoms with van der Waals surface area (Å²) in [6.45, 7) is 0.666. The number of rotatable bonds is 8. The third-order valence-electron chi connectivity index (χ3n) is 7.79. The van der Waals surface area contributed by atoms with E-state index in [0.717, 1.165) is 32.1 Å². The molecule has 2 amide bonds. The highest BCUT2D eigenvalue weighted by molar-refractivity contribution is 5.82. The summed E-state index contributed by atoms with van der Waals surface area (Å²) in [5.41, 5.74) is 4.72. The summed E-state index contributed by atoms with van der Waals surface area (Å²) in [6, 6.07) is 16.4. The van der Waals surface area contributed by atoms with Crippen LogP contribution in [0.25, 0.3) is 11.1 Å². The smallest absolute Gasteiger partial charge is 0.407 e. The Morgan fingerprint density at radius 1 is 0.914 bits per heavy atom. The lowest BCUT2D eigenvalue weighted by Crippen LogP contribution is -2.44. The molecule has 5 rings (SSSR count). The summed E-state index contributed by atoms with van der Waals surface area (Å²) in [5.74, 6) is -0.851. The van der Waals surface area contributed by atoms with Crippen LogP contribution in [0.1, 0.15) is 55.6 Å². The highest BCUT2D eigenvalue weighted by atomic mass is 16.5. The molecule has 3 aliphatic carbocycles. The van der Waals surface area contributed by atoms with Crippen LogP contribution in [0.4, 0.5) is 4.79 Å². The summed E-state index contributed by atoms with van der Waals surface area (Å²) >= 11 is 0. The van der Waals surface area contributed by atoms with Gasteiger partial charge in [-0.3, -0.25) is 9.59 Å². The lowest BCUT2D eigenvalue weighted by atomic mass is 9.82. The molecular weight excluding hydrogens is 444 g/mol. The lowest BCUT2D eigenvalue weighted by molar-refractivity contribution is -0.139. The molecule has 0 unspecified atom stereocenters. The third kappa shape index (κ3) is 5.19. The van der Waals surface area contributed by atoms with Crippen LogP contribution in [-0.2, 0) is 14.3 Å². The number of alkyl carbamates (subject to hydrolysis) is 1. The molecular formula is C28H32N2O5. The molecule has 3 aliphatic rings. The third-order valence-corrected chi connectivity index (χ3v) is 7.79. The Kier molecular flexibility index (Phi) is 6.75.